The predicted octanol–water partition coefficient (Wildman–Crippen LogP) is 3.83. The van der Waals surface area contributed by atoms with Crippen LogP contribution in [0, 0.1) is 19.8 Å². The monoisotopic (exact) mass is 470 g/mol. The van der Waals surface area contributed by atoms with Crippen molar-refractivity contribution in [2.45, 2.75) is 45.1 Å². The number of hydrogen-bond acceptors (Lipinski definition) is 6. The molecule has 1 aromatic carbocycles. The lowest BCUT2D eigenvalue weighted by Gasteiger charge is -2.29. The van der Waals surface area contributed by atoms with E-state index in [2.05, 4.69) is 28.0 Å². The number of piperidine rings is 1. The molecule has 0 saturated carbocycles. The van der Waals surface area contributed by atoms with Gasteiger partial charge in [-0.3, -0.25) is 0 Å². The minimum Gasteiger partial charge on any atom is -0.457 e. The zero-order valence-electron chi connectivity index (χ0n) is 16.1. The lowest BCUT2D eigenvalue weighted by molar-refractivity contribution is 0.0470. The Hall–Kier alpha value is -1.71. The van der Waals surface area contributed by atoms with E-state index in [1.807, 2.05) is 0 Å². The van der Waals surface area contributed by atoms with Gasteiger partial charge >= 0.3 is 5.97 Å². The molecule has 0 N–H and O–H groups in total. The van der Waals surface area contributed by atoms with Gasteiger partial charge in [0, 0.05) is 17.6 Å². The van der Waals surface area contributed by atoms with Crippen LogP contribution >= 0.6 is 15.9 Å². The molecular weight excluding hydrogens is 448 g/mol. The van der Waals surface area contributed by atoms with Crippen LogP contribution in [0.25, 0.3) is 0 Å². The summed E-state index contributed by atoms with van der Waals surface area (Å²) in [4.78, 5) is 12.6. The Balaban J connectivity index is 1.80. The SMILES string of the molecule is Cc1noc(C)c1COC(=O)c1cc(Br)cc(S(=O)(=O)N2CCC(C)CC2)c1. The summed E-state index contributed by atoms with van der Waals surface area (Å²) in [5, 5.41) is 3.83. The molecule has 1 aliphatic heterocycles. The van der Waals surface area contributed by atoms with Crippen molar-refractivity contribution >= 4 is 31.9 Å². The molecule has 2 aromatic rings. The van der Waals surface area contributed by atoms with Gasteiger partial charge in [-0.2, -0.15) is 4.31 Å². The number of hydrogen-bond donors (Lipinski definition) is 0. The van der Waals surface area contributed by atoms with E-state index in [0.717, 1.165) is 12.8 Å². The van der Waals surface area contributed by atoms with E-state index in [1.165, 1.54) is 16.4 Å². The third kappa shape index (κ3) is 4.47. The van der Waals surface area contributed by atoms with Gasteiger partial charge in [0.05, 0.1) is 21.7 Å². The van der Waals surface area contributed by atoms with Crippen LogP contribution in [-0.2, 0) is 21.4 Å². The second-order valence-corrected chi connectivity index (χ2v) is 9.99. The van der Waals surface area contributed by atoms with Crippen LogP contribution in [0.1, 0.15) is 47.1 Å². The molecule has 1 aliphatic rings. The van der Waals surface area contributed by atoms with E-state index in [-0.39, 0.29) is 17.1 Å². The first-order chi connectivity index (χ1) is 13.2. The second kappa shape index (κ2) is 8.34. The van der Waals surface area contributed by atoms with E-state index >= 15 is 0 Å². The van der Waals surface area contributed by atoms with Crippen molar-refractivity contribution in [3.05, 3.63) is 45.3 Å². The van der Waals surface area contributed by atoms with E-state index in [0.29, 0.717) is 40.5 Å². The van der Waals surface area contributed by atoms with Crippen molar-refractivity contribution in [1.82, 2.24) is 9.46 Å². The number of benzene rings is 1. The first-order valence-electron chi connectivity index (χ1n) is 9.08. The highest BCUT2D eigenvalue weighted by Gasteiger charge is 2.29. The highest BCUT2D eigenvalue weighted by atomic mass is 79.9. The largest absolute Gasteiger partial charge is 0.457 e. The molecule has 0 aliphatic carbocycles. The molecule has 0 spiro atoms. The summed E-state index contributed by atoms with van der Waals surface area (Å²) >= 11 is 3.30. The fourth-order valence-electron chi connectivity index (χ4n) is 3.13. The van der Waals surface area contributed by atoms with Gasteiger partial charge in [0.25, 0.3) is 0 Å². The average Bonchev–Trinajstić information content (AvgIpc) is 2.97. The molecule has 1 aromatic heterocycles. The lowest BCUT2D eigenvalue weighted by atomic mass is 10.0. The van der Waals surface area contributed by atoms with Crippen molar-refractivity contribution in [2.24, 2.45) is 5.92 Å². The van der Waals surface area contributed by atoms with Gasteiger partial charge in [-0.15, -0.1) is 0 Å². The minimum absolute atomic E-state index is 0.0125. The Morgan fingerprint density at radius 1 is 1.29 bits per heavy atom. The Bertz CT molecular complexity index is 959. The third-order valence-corrected chi connectivity index (χ3v) is 7.35. The smallest absolute Gasteiger partial charge is 0.338 e. The normalized spacial score (nSPS) is 16.3. The van der Waals surface area contributed by atoms with Gasteiger partial charge in [-0.05, 0) is 50.8 Å². The number of aryl methyl sites for hydroxylation is 2. The van der Waals surface area contributed by atoms with E-state index in [9.17, 15) is 13.2 Å². The lowest BCUT2D eigenvalue weighted by Crippen LogP contribution is -2.37. The van der Waals surface area contributed by atoms with Crippen LogP contribution < -0.4 is 0 Å². The van der Waals surface area contributed by atoms with E-state index < -0.39 is 16.0 Å². The molecule has 0 radical (unpaired) electrons. The zero-order valence-corrected chi connectivity index (χ0v) is 18.5. The van der Waals surface area contributed by atoms with Gasteiger partial charge in [0.1, 0.15) is 12.4 Å². The number of esters is 1. The van der Waals surface area contributed by atoms with Gasteiger partial charge in [-0.1, -0.05) is 28.0 Å². The summed E-state index contributed by atoms with van der Waals surface area (Å²) in [7, 11) is -3.67. The Morgan fingerprint density at radius 2 is 1.96 bits per heavy atom. The molecule has 2 heterocycles. The molecule has 3 rings (SSSR count). The number of ether oxygens (including phenoxy) is 1. The molecule has 0 unspecified atom stereocenters. The zero-order chi connectivity index (χ0) is 20.5. The van der Waals surface area contributed by atoms with Crippen molar-refractivity contribution in [3.8, 4) is 0 Å². The van der Waals surface area contributed by atoms with Crippen LogP contribution in [0.2, 0.25) is 0 Å². The van der Waals surface area contributed by atoms with Crippen LogP contribution in [0.4, 0.5) is 0 Å². The molecule has 0 amide bonds. The van der Waals surface area contributed by atoms with Crippen molar-refractivity contribution in [3.63, 3.8) is 0 Å². The number of halogens is 1. The number of carbonyl (C=O) groups excluding carboxylic acids is 1. The Kier molecular flexibility index (Phi) is 6.26. The number of rotatable bonds is 5. The van der Waals surface area contributed by atoms with Crippen LogP contribution in [0.3, 0.4) is 0 Å². The molecule has 0 bridgehead atoms. The number of carbonyl (C=O) groups is 1. The molecule has 7 nitrogen and oxygen atoms in total. The topological polar surface area (TPSA) is 89.7 Å². The molecule has 9 heteroatoms. The maximum Gasteiger partial charge on any atom is 0.338 e. The molecule has 1 fully saturated rings. The van der Waals surface area contributed by atoms with Crippen molar-refractivity contribution in [2.75, 3.05) is 13.1 Å². The summed E-state index contributed by atoms with van der Waals surface area (Å²) < 4.78 is 38.4. The van der Waals surface area contributed by atoms with Gasteiger partial charge in [0.15, 0.2) is 0 Å². The summed E-state index contributed by atoms with van der Waals surface area (Å²) in [6, 6.07) is 4.43. The quantitative estimate of drug-likeness (QED) is 0.616. The number of sulfonamides is 1. The van der Waals surface area contributed by atoms with Crippen molar-refractivity contribution in [1.29, 1.82) is 0 Å². The minimum atomic E-state index is -3.67. The number of nitrogens with zero attached hydrogens (tertiary/aromatic N) is 2. The van der Waals surface area contributed by atoms with Crippen LogP contribution in [0.5, 0.6) is 0 Å². The third-order valence-electron chi connectivity index (χ3n) is 5.02. The summed E-state index contributed by atoms with van der Waals surface area (Å²) in [5.74, 6) is 0.496. The molecule has 0 atom stereocenters. The second-order valence-electron chi connectivity index (χ2n) is 7.14. The number of aromatic nitrogens is 1. The van der Waals surface area contributed by atoms with Gasteiger partial charge < -0.3 is 9.26 Å². The van der Waals surface area contributed by atoms with Gasteiger partial charge in [-0.25, -0.2) is 13.2 Å². The summed E-state index contributed by atoms with van der Waals surface area (Å²) in [6.07, 6.45) is 1.67. The Labute approximate surface area is 173 Å². The molecular formula is C19H23BrN2O5S. The van der Waals surface area contributed by atoms with Crippen LogP contribution in [-0.4, -0.2) is 36.9 Å². The predicted molar refractivity (Wildman–Crippen MR) is 106 cm³/mol. The fraction of sp³-hybridized carbons (Fsp3) is 0.474. The average molecular weight is 471 g/mol. The van der Waals surface area contributed by atoms with E-state index in [4.69, 9.17) is 9.26 Å². The maximum atomic E-state index is 13.0. The molecule has 28 heavy (non-hydrogen) atoms. The fourth-order valence-corrected chi connectivity index (χ4v) is 5.32. The Morgan fingerprint density at radius 3 is 2.57 bits per heavy atom. The maximum absolute atomic E-state index is 13.0. The molecule has 1 saturated heterocycles. The summed E-state index contributed by atoms with van der Waals surface area (Å²) in [5.41, 5.74) is 1.53. The first-order valence-corrected chi connectivity index (χ1v) is 11.3. The van der Waals surface area contributed by atoms with Crippen molar-refractivity contribution < 1.29 is 22.5 Å². The molecule has 152 valence electrons. The standard InChI is InChI=1S/C19H23BrN2O5S/c1-12-4-6-22(7-5-12)28(24,25)17-9-15(8-16(20)10-17)19(23)26-11-18-13(2)21-27-14(18)3/h8-10,12H,4-7,11H2,1-3H3. The summed E-state index contributed by atoms with van der Waals surface area (Å²) in [6.45, 7) is 6.62. The first kappa shape index (κ1) is 21.0. The highest BCUT2D eigenvalue weighted by Crippen LogP contribution is 2.27. The van der Waals surface area contributed by atoms with Crippen LogP contribution in [0.15, 0.2) is 32.1 Å². The van der Waals surface area contributed by atoms with E-state index in [1.54, 1.807) is 19.9 Å². The highest BCUT2D eigenvalue weighted by molar-refractivity contribution is 9.10. The van der Waals surface area contributed by atoms with Gasteiger partial charge in [0.2, 0.25) is 10.0 Å².